The monoisotopic (exact) mass is 410 g/mol. The minimum atomic E-state index is -1.91. The van der Waals surface area contributed by atoms with Crippen molar-refractivity contribution < 1.29 is 27.9 Å². The number of hydrogen-bond donors (Lipinski definition) is 1. The largest absolute Gasteiger partial charge is 0.409 e. The van der Waals surface area contributed by atoms with E-state index >= 15 is 0 Å². The third kappa shape index (κ3) is 8.31. The second-order valence-electron chi connectivity index (χ2n) is 9.60. The van der Waals surface area contributed by atoms with Crippen LogP contribution in [-0.2, 0) is 22.8 Å². The summed E-state index contributed by atoms with van der Waals surface area (Å²) in [7, 11) is -4.05. The number of aliphatic hydroxyl groups is 1. The molecule has 0 aliphatic carbocycles. The van der Waals surface area contributed by atoms with Gasteiger partial charge in [0.25, 0.3) is 0 Å². The van der Waals surface area contributed by atoms with Crippen LogP contribution < -0.4 is 0 Å². The van der Waals surface area contributed by atoms with Crippen LogP contribution in [0.3, 0.4) is 0 Å². The molecule has 0 unspecified atom stereocenters. The van der Waals surface area contributed by atoms with Crippen LogP contribution in [-0.4, -0.2) is 74.5 Å². The molecule has 0 aromatic rings. The third-order valence-electron chi connectivity index (χ3n) is 3.41. The van der Waals surface area contributed by atoms with E-state index in [1.165, 1.54) is 0 Å². The van der Waals surface area contributed by atoms with Crippen LogP contribution in [0.2, 0.25) is 58.9 Å². The zero-order valence-corrected chi connectivity index (χ0v) is 20.6. The highest BCUT2D eigenvalue weighted by molar-refractivity contribution is 6.70. The molecule has 150 valence electrons. The maximum absolute atomic E-state index is 10.6. The molecule has 5 atom stereocenters. The van der Waals surface area contributed by atoms with Gasteiger partial charge in [-0.2, -0.15) is 0 Å². The molecule has 1 aliphatic rings. The van der Waals surface area contributed by atoms with Crippen molar-refractivity contribution in [3.05, 3.63) is 0 Å². The summed E-state index contributed by atoms with van der Waals surface area (Å²) in [4.78, 5) is 0. The molecule has 0 spiro atoms. The summed E-state index contributed by atoms with van der Waals surface area (Å²) >= 11 is 0. The Morgan fingerprint density at radius 1 is 0.720 bits per heavy atom. The average Bonchev–Trinajstić information content (AvgIpc) is 2.34. The lowest BCUT2D eigenvalue weighted by molar-refractivity contribution is -0.277. The van der Waals surface area contributed by atoms with Crippen LogP contribution in [0, 0.1) is 0 Å². The standard InChI is InChI=1S/C16H38O6Si3/c1-18-11-12-13(20-23(2,3)4)14(21-24(5,6)7)15(16(17)19-12)22-25(8,9)10/h12-17H,11H2,1-10H3/t12-,13-,14+,15-,16+/m1/s1. The van der Waals surface area contributed by atoms with E-state index in [-0.39, 0.29) is 18.3 Å². The molecule has 6 nitrogen and oxygen atoms in total. The second kappa shape index (κ2) is 8.61. The van der Waals surface area contributed by atoms with Gasteiger partial charge in [0.2, 0.25) is 0 Å². The second-order valence-corrected chi connectivity index (χ2v) is 23.0. The Morgan fingerprint density at radius 2 is 1.12 bits per heavy atom. The summed E-state index contributed by atoms with van der Waals surface area (Å²) in [5.41, 5.74) is 0. The average molecular weight is 411 g/mol. The fourth-order valence-electron chi connectivity index (χ4n) is 2.82. The molecular formula is C16H38O6Si3. The molecule has 0 aromatic heterocycles. The van der Waals surface area contributed by atoms with Crippen molar-refractivity contribution in [3.8, 4) is 0 Å². The fraction of sp³-hybridized carbons (Fsp3) is 1.00. The quantitative estimate of drug-likeness (QED) is 0.621. The third-order valence-corrected chi connectivity index (χ3v) is 6.35. The van der Waals surface area contributed by atoms with Crippen LogP contribution >= 0.6 is 0 Å². The lowest BCUT2D eigenvalue weighted by Crippen LogP contribution is -2.65. The molecule has 0 radical (unpaired) electrons. The summed E-state index contributed by atoms with van der Waals surface area (Å²) in [5.74, 6) is 0. The van der Waals surface area contributed by atoms with Gasteiger partial charge in [-0.3, -0.25) is 0 Å². The van der Waals surface area contributed by atoms with Gasteiger partial charge in [-0.05, 0) is 58.9 Å². The molecule has 25 heavy (non-hydrogen) atoms. The number of ether oxygens (including phenoxy) is 2. The van der Waals surface area contributed by atoms with Gasteiger partial charge in [-0.25, -0.2) is 0 Å². The normalized spacial score (nSPS) is 32.0. The summed E-state index contributed by atoms with van der Waals surface area (Å²) in [6.45, 7) is 19.5. The Hall–Kier alpha value is 0.411. The highest BCUT2D eigenvalue weighted by Crippen LogP contribution is 2.32. The lowest BCUT2D eigenvalue weighted by atomic mass is 9.99. The Labute approximate surface area is 156 Å². The first-order valence-electron chi connectivity index (χ1n) is 8.99. The van der Waals surface area contributed by atoms with Gasteiger partial charge in [0.05, 0.1) is 6.61 Å². The molecule has 1 saturated heterocycles. The highest BCUT2D eigenvalue weighted by atomic mass is 28.4. The van der Waals surface area contributed by atoms with E-state index in [1.807, 2.05) is 0 Å². The molecule has 0 aromatic carbocycles. The maximum Gasteiger partial charge on any atom is 0.184 e. The van der Waals surface area contributed by atoms with Crippen molar-refractivity contribution >= 4 is 25.0 Å². The van der Waals surface area contributed by atoms with E-state index in [9.17, 15) is 5.11 Å². The summed E-state index contributed by atoms with van der Waals surface area (Å²) < 4.78 is 30.4. The summed E-state index contributed by atoms with van der Waals surface area (Å²) in [5, 5.41) is 10.6. The van der Waals surface area contributed by atoms with E-state index in [0.717, 1.165) is 0 Å². The van der Waals surface area contributed by atoms with Crippen LogP contribution in [0.1, 0.15) is 0 Å². The van der Waals surface area contributed by atoms with Gasteiger partial charge in [-0.1, -0.05) is 0 Å². The van der Waals surface area contributed by atoms with E-state index < -0.39 is 37.3 Å². The highest BCUT2D eigenvalue weighted by Gasteiger charge is 2.50. The first-order chi connectivity index (χ1) is 11.1. The first kappa shape index (κ1) is 23.5. The maximum atomic E-state index is 10.6. The topological polar surface area (TPSA) is 66.4 Å². The molecule has 1 heterocycles. The van der Waals surface area contributed by atoms with Crippen LogP contribution in [0.5, 0.6) is 0 Å². The number of methoxy groups -OCH3 is 1. The molecular weight excluding hydrogens is 372 g/mol. The van der Waals surface area contributed by atoms with Crippen molar-refractivity contribution in [2.24, 2.45) is 0 Å². The van der Waals surface area contributed by atoms with Gasteiger partial charge in [0.15, 0.2) is 31.2 Å². The zero-order valence-electron chi connectivity index (χ0n) is 17.6. The zero-order chi connectivity index (χ0) is 19.6. The van der Waals surface area contributed by atoms with Gasteiger partial charge >= 0.3 is 0 Å². The molecule has 0 bridgehead atoms. The van der Waals surface area contributed by atoms with E-state index in [2.05, 4.69) is 58.9 Å². The Kier molecular flexibility index (Phi) is 8.08. The summed E-state index contributed by atoms with van der Waals surface area (Å²) in [6.07, 6.45) is -2.66. The van der Waals surface area contributed by atoms with Crippen molar-refractivity contribution in [1.29, 1.82) is 0 Å². The van der Waals surface area contributed by atoms with Crippen LogP contribution in [0.25, 0.3) is 0 Å². The van der Waals surface area contributed by atoms with Crippen molar-refractivity contribution in [2.45, 2.75) is 89.6 Å². The smallest absolute Gasteiger partial charge is 0.184 e. The minimum Gasteiger partial charge on any atom is -0.409 e. The SMILES string of the molecule is COC[C@H]1O[C@H](O)[C@H](O[Si](C)(C)C)[C@@H](O[Si](C)(C)C)[C@@H]1O[Si](C)(C)C. The molecule has 1 aliphatic heterocycles. The Morgan fingerprint density at radius 3 is 1.52 bits per heavy atom. The fourth-order valence-corrected chi connectivity index (χ4v) is 6.07. The number of rotatable bonds is 8. The predicted octanol–water partition coefficient (Wildman–Crippen LogP) is 3.01. The molecule has 1 fully saturated rings. The number of aliphatic hydroxyl groups excluding tert-OH is 1. The van der Waals surface area contributed by atoms with Crippen molar-refractivity contribution in [3.63, 3.8) is 0 Å². The lowest BCUT2D eigenvalue weighted by Gasteiger charge is -2.49. The Bertz CT molecular complexity index is 416. The summed E-state index contributed by atoms with van der Waals surface area (Å²) in [6, 6.07) is 0. The van der Waals surface area contributed by atoms with Crippen molar-refractivity contribution in [2.75, 3.05) is 13.7 Å². The molecule has 9 heteroatoms. The Balaban J connectivity index is 3.23. The van der Waals surface area contributed by atoms with Crippen LogP contribution in [0.4, 0.5) is 0 Å². The molecule has 1 rings (SSSR count). The number of hydrogen-bond acceptors (Lipinski definition) is 6. The molecule has 0 saturated carbocycles. The minimum absolute atomic E-state index is 0.317. The first-order valence-corrected chi connectivity index (χ1v) is 19.2. The molecule has 1 N–H and O–H groups in total. The van der Waals surface area contributed by atoms with E-state index in [4.69, 9.17) is 22.8 Å². The van der Waals surface area contributed by atoms with Crippen molar-refractivity contribution in [1.82, 2.24) is 0 Å². The van der Waals surface area contributed by atoms with Crippen LogP contribution in [0.15, 0.2) is 0 Å². The molecule has 0 amide bonds. The predicted molar refractivity (Wildman–Crippen MR) is 107 cm³/mol. The van der Waals surface area contributed by atoms with E-state index in [0.29, 0.717) is 6.61 Å². The van der Waals surface area contributed by atoms with Gasteiger partial charge in [0, 0.05) is 7.11 Å². The van der Waals surface area contributed by atoms with Gasteiger partial charge in [-0.15, -0.1) is 0 Å². The van der Waals surface area contributed by atoms with Gasteiger partial charge < -0.3 is 27.9 Å². The van der Waals surface area contributed by atoms with Gasteiger partial charge in [0.1, 0.15) is 24.4 Å². The van der Waals surface area contributed by atoms with E-state index in [1.54, 1.807) is 7.11 Å².